The summed E-state index contributed by atoms with van der Waals surface area (Å²) in [7, 11) is 0. The molecule has 176 valence electrons. The predicted molar refractivity (Wildman–Crippen MR) is 134 cm³/mol. The standard InChI is InChI=1S/C26H30N6O2/c1-17(2)18-10-12-19(13-11-18)26(34)30-21-9-6-14-32(16-21)22-15-28-23(24(27)33)25(31-22)29-20-7-4-3-5-8-20/h3-5,7-8,10-13,15,17,21H,6,9,14,16H2,1-2H3,(H2,27,33)(H,29,31)(H,30,34)/t21-/m1/s1. The van der Waals surface area contributed by atoms with Gasteiger partial charge in [-0.3, -0.25) is 9.59 Å². The topological polar surface area (TPSA) is 113 Å². The van der Waals surface area contributed by atoms with Gasteiger partial charge in [-0.05, 0) is 48.6 Å². The Labute approximate surface area is 199 Å². The second kappa shape index (κ2) is 10.3. The van der Waals surface area contributed by atoms with Crippen LogP contribution in [0.4, 0.5) is 17.3 Å². The van der Waals surface area contributed by atoms with Crippen LogP contribution < -0.4 is 21.3 Å². The number of nitrogens with one attached hydrogen (secondary N) is 2. The van der Waals surface area contributed by atoms with Gasteiger partial charge in [0, 0.05) is 30.4 Å². The molecule has 0 aliphatic carbocycles. The minimum Gasteiger partial charge on any atom is -0.364 e. The number of para-hydroxylation sites is 1. The first-order valence-electron chi connectivity index (χ1n) is 11.6. The van der Waals surface area contributed by atoms with Crippen molar-refractivity contribution in [2.24, 2.45) is 5.73 Å². The van der Waals surface area contributed by atoms with Crippen LogP contribution >= 0.6 is 0 Å². The molecular formula is C26H30N6O2. The van der Waals surface area contributed by atoms with E-state index in [-0.39, 0.29) is 17.6 Å². The van der Waals surface area contributed by atoms with Gasteiger partial charge in [0.2, 0.25) is 0 Å². The molecule has 4 rings (SSSR count). The Bertz CT molecular complexity index is 1150. The van der Waals surface area contributed by atoms with Crippen LogP contribution in [0.2, 0.25) is 0 Å². The summed E-state index contributed by atoms with van der Waals surface area (Å²) in [6.07, 6.45) is 3.34. The number of primary amides is 1. The third kappa shape index (κ3) is 5.51. The number of carbonyl (C=O) groups is 2. The molecular weight excluding hydrogens is 428 g/mol. The van der Waals surface area contributed by atoms with Gasteiger partial charge in [0.25, 0.3) is 11.8 Å². The number of rotatable bonds is 7. The maximum atomic E-state index is 12.8. The largest absolute Gasteiger partial charge is 0.364 e. The summed E-state index contributed by atoms with van der Waals surface area (Å²) in [6, 6.07) is 17.2. The van der Waals surface area contributed by atoms with Crippen molar-refractivity contribution in [2.75, 3.05) is 23.3 Å². The van der Waals surface area contributed by atoms with Crippen LogP contribution in [0, 0.1) is 0 Å². The van der Waals surface area contributed by atoms with Crippen molar-refractivity contribution in [3.05, 3.63) is 77.6 Å². The molecule has 1 fully saturated rings. The average Bonchev–Trinajstić information content (AvgIpc) is 2.84. The third-order valence-corrected chi connectivity index (χ3v) is 5.95. The molecule has 2 amide bonds. The number of amides is 2. The molecule has 0 spiro atoms. The van der Waals surface area contributed by atoms with Crippen molar-refractivity contribution < 1.29 is 9.59 Å². The second-order valence-corrected chi connectivity index (χ2v) is 8.82. The fraction of sp³-hybridized carbons (Fsp3) is 0.308. The Kier molecular flexibility index (Phi) is 7.06. The summed E-state index contributed by atoms with van der Waals surface area (Å²) in [6.45, 7) is 5.65. The van der Waals surface area contributed by atoms with E-state index in [1.807, 2.05) is 54.6 Å². The molecule has 0 unspecified atom stereocenters. The molecule has 1 aromatic heterocycles. The van der Waals surface area contributed by atoms with Crippen molar-refractivity contribution in [1.29, 1.82) is 0 Å². The van der Waals surface area contributed by atoms with Crippen LogP contribution in [0.25, 0.3) is 0 Å². The highest BCUT2D eigenvalue weighted by molar-refractivity contribution is 5.96. The average molecular weight is 459 g/mol. The van der Waals surface area contributed by atoms with Gasteiger partial charge >= 0.3 is 0 Å². The third-order valence-electron chi connectivity index (χ3n) is 5.95. The number of hydrogen-bond acceptors (Lipinski definition) is 6. The molecule has 8 heteroatoms. The first-order chi connectivity index (χ1) is 16.4. The molecule has 4 N–H and O–H groups in total. The van der Waals surface area contributed by atoms with Crippen molar-refractivity contribution in [3.63, 3.8) is 0 Å². The predicted octanol–water partition coefficient (Wildman–Crippen LogP) is 3.84. The first-order valence-corrected chi connectivity index (χ1v) is 11.6. The second-order valence-electron chi connectivity index (χ2n) is 8.82. The van der Waals surface area contributed by atoms with E-state index >= 15 is 0 Å². The van der Waals surface area contributed by atoms with Crippen LogP contribution in [0.1, 0.15) is 59.0 Å². The first kappa shape index (κ1) is 23.2. The van der Waals surface area contributed by atoms with E-state index in [4.69, 9.17) is 5.73 Å². The summed E-state index contributed by atoms with van der Waals surface area (Å²) in [5, 5.41) is 6.29. The van der Waals surface area contributed by atoms with Crippen LogP contribution in [0.15, 0.2) is 60.8 Å². The summed E-state index contributed by atoms with van der Waals surface area (Å²) in [5.74, 6) is 0.636. The highest BCUT2D eigenvalue weighted by Crippen LogP contribution is 2.23. The molecule has 0 saturated carbocycles. The van der Waals surface area contributed by atoms with Crippen LogP contribution in [0.5, 0.6) is 0 Å². The molecule has 0 bridgehead atoms. The van der Waals surface area contributed by atoms with Gasteiger partial charge in [0.05, 0.1) is 6.20 Å². The van der Waals surface area contributed by atoms with Crippen molar-refractivity contribution in [1.82, 2.24) is 15.3 Å². The number of nitrogens with two attached hydrogens (primary N) is 1. The SMILES string of the molecule is CC(C)c1ccc(C(=O)N[C@@H]2CCCN(c3cnc(C(N)=O)c(Nc4ccccc4)n3)C2)cc1. The van der Waals surface area contributed by atoms with E-state index < -0.39 is 5.91 Å². The Morgan fingerprint density at radius 1 is 1.09 bits per heavy atom. The van der Waals surface area contributed by atoms with Gasteiger partial charge in [0.1, 0.15) is 5.82 Å². The maximum absolute atomic E-state index is 12.8. The minimum atomic E-state index is -0.648. The summed E-state index contributed by atoms with van der Waals surface area (Å²) < 4.78 is 0. The lowest BCUT2D eigenvalue weighted by Crippen LogP contribution is -2.48. The van der Waals surface area contributed by atoms with Gasteiger partial charge in [-0.1, -0.05) is 44.2 Å². The fourth-order valence-corrected chi connectivity index (χ4v) is 4.05. The zero-order valence-corrected chi connectivity index (χ0v) is 19.5. The minimum absolute atomic E-state index is 0.0193. The Morgan fingerprint density at radius 3 is 2.50 bits per heavy atom. The smallest absolute Gasteiger partial charge is 0.271 e. The van der Waals surface area contributed by atoms with E-state index in [0.29, 0.717) is 29.7 Å². The lowest BCUT2D eigenvalue weighted by molar-refractivity contribution is 0.0932. The molecule has 34 heavy (non-hydrogen) atoms. The molecule has 2 heterocycles. The molecule has 3 aromatic rings. The number of carbonyl (C=O) groups excluding carboxylic acids is 2. The number of benzene rings is 2. The number of piperidine rings is 1. The van der Waals surface area contributed by atoms with Crippen LogP contribution in [-0.2, 0) is 0 Å². The van der Waals surface area contributed by atoms with Crippen molar-refractivity contribution >= 4 is 29.1 Å². The molecule has 1 saturated heterocycles. The molecule has 2 aromatic carbocycles. The Morgan fingerprint density at radius 2 is 1.82 bits per heavy atom. The Balaban J connectivity index is 1.47. The quantitative estimate of drug-likeness (QED) is 0.496. The van der Waals surface area contributed by atoms with Gasteiger partial charge in [0.15, 0.2) is 11.5 Å². The van der Waals surface area contributed by atoms with Gasteiger partial charge in [-0.25, -0.2) is 9.97 Å². The summed E-state index contributed by atoms with van der Waals surface area (Å²) >= 11 is 0. The van der Waals surface area contributed by atoms with E-state index in [9.17, 15) is 9.59 Å². The van der Waals surface area contributed by atoms with Crippen molar-refractivity contribution in [3.8, 4) is 0 Å². The van der Waals surface area contributed by atoms with Gasteiger partial charge < -0.3 is 21.3 Å². The van der Waals surface area contributed by atoms with Gasteiger partial charge in [-0.2, -0.15) is 0 Å². The molecule has 1 aliphatic rings. The molecule has 1 aliphatic heterocycles. The fourth-order valence-electron chi connectivity index (χ4n) is 4.05. The van der Waals surface area contributed by atoms with Gasteiger partial charge in [-0.15, -0.1) is 0 Å². The van der Waals surface area contributed by atoms with E-state index in [2.05, 4.69) is 39.3 Å². The lowest BCUT2D eigenvalue weighted by atomic mass is 10.0. The highest BCUT2D eigenvalue weighted by Gasteiger charge is 2.24. The zero-order valence-electron chi connectivity index (χ0n) is 19.5. The molecule has 8 nitrogen and oxygen atoms in total. The van der Waals surface area contributed by atoms with E-state index in [1.54, 1.807) is 6.20 Å². The zero-order chi connectivity index (χ0) is 24.1. The highest BCUT2D eigenvalue weighted by atomic mass is 16.2. The molecule has 1 atom stereocenters. The normalized spacial score (nSPS) is 15.7. The number of nitrogens with zero attached hydrogens (tertiary/aromatic N) is 3. The van der Waals surface area contributed by atoms with Crippen LogP contribution in [-0.4, -0.2) is 40.9 Å². The Hall–Kier alpha value is -3.94. The number of hydrogen-bond donors (Lipinski definition) is 3. The lowest BCUT2D eigenvalue weighted by Gasteiger charge is -2.34. The van der Waals surface area contributed by atoms with Crippen LogP contribution in [0.3, 0.4) is 0 Å². The van der Waals surface area contributed by atoms with E-state index in [1.165, 1.54) is 5.56 Å². The summed E-state index contributed by atoms with van der Waals surface area (Å²) in [5.41, 5.74) is 8.24. The van der Waals surface area contributed by atoms with E-state index in [0.717, 1.165) is 25.1 Å². The maximum Gasteiger partial charge on any atom is 0.271 e. The molecule has 0 radical (unpaired) electrons. The van der Waals surface area contributed by atoms with Crippen molar-refractivity contribution in [2.45, 2.75) is 38.6 Å². The monoisotopic (exact) mass is 458 g/mol. The number of aromatic nitrogens is 2. The summed E-state index contributed by atoms with van der Waals surface area (Å²) in [4.78, 5) is 35.7. The number of anilines is 3.